The fraction of sp³-hybridized carbons (Fsp3) is 0.273. The number of hydrogen-bond donors (Lipinski definition) is 1. The zero-order valence-electron chi connectivity index (χ0n) is 16.6. The number of nitrogens with one attached hydrogen (secondary N) is 1. The van der Waals surface area contributed by atoms with Crippen molar-refractivity contribution < 1.29 is 9.59 Å². The van der Waals surface area contributed by atoms with E-state index in [1.165, 1.54) is 5.56 Å². The second-order valence-corrected chi connectivity index (χ2v) is 7.76. The first kappa shape index (κ1) is 20.1. The highest BCUT2D eigenvalue weighted by atomic mass is 35.5. The van der Waals surface area contributed by atoms with Crippen LogP contribution in [0.1, 0.15) is 32.7 Å². The van der Waals surface area contributed by atoms with Crippen molar-refractivity contribution in [3.63, 3.8) is 0 Å². The Balaban J connectivity index is 1.46. The summed E-state index contributed by atoms with van der Waals surface area (Å²) >= 11 is 5.93. The molecule has 0 atom stereocenters. The SMILES string of the molecule is Cc1ncc2c(c1CNC(=O)Cn1ccnc1)CCN(C(=O)c1ccc(Cl)cc1)C2. The Morgan fingerprint density at radius 2 is 2.03 bits per heavy atom. The number of aryl methyl sites for hydroxylation is 1. The predicted octanol–water partition coefficient (Wildman–Crippen LogP) is 2.75. The van der Waals surface area contributed by atoms with Gasteiger partial charge in [0.05, 0.1) is 6.33 Å². The minimum absolute atomic E-state index is 0.0203. The molecule has 8 heteroatoms. The van der Waals surface area contributed by atoms with Gasteiger partial charge in [0.2, 0.25) is 5.91 Å². The summed E-state index contributed by atoms with van der Waals surface area (Å²) in [4.78, 5) is 35.4. The number of nitrogens with zero attached hydrogens (tertiary/aromatic N) is 4. The Morgan fingerprint density at radius 3 is 2.77 bits per heavy atom. The van der Waals surface area contributed by atoms with E-state index in [1.807, 2.05) is 18.0 Å². The van der Waals surface area contributed by atoms with E-state index in [0.717, 1.165) is 23.2 Å². The molecule has 7 nitrogen and oxygen atoms in total. The molecule has 0 spiro atoms. The van der Waals surface area contributed by atoms with Crippen molar-refractivity contribution in [1.82, 2.24) is 24.8 Å². The molecule has 3 heterocycles. The summed E-state index contributed by atoms with van der Waals surface area (Å²) in [5, 5.41) is 3.58. The molecular formula is C22H22ClN5O2. The molecule has 0 aliphatic carbocycles. The Hall–Kier alpha value is -3.19. The van der Waals surface area contributed by atoms with Crippen molar-refractivity contribution in [1.29, 1.82) is 0 Å². The molecule has 30 heavy (non-hydrogen) atoms. The Morgan fingerprint density at radius 1 is 1.23 bits per heavy atom. The first-order chi connectivity index (χ1) is 14.5. The molecular weight excluding hydrogens is 402 g/mol. The van der Waals surface area contributed by atoms with E-state index >= 15 is 0 Å². The minimum Gasteiger partial charge on any atom is -0.350 e. The third kappa shape index (κ3) is 4.36. The third-order valence-corrected chi connectivity index (χ3v) is 5.57. The number of carbonyl (C=O) groups excluding carboxylic acids is 2. The molecule has 154 valence electrons. The van der Waals surface area contributed by atoms with Crippen molar-refractivity contribution in [2.24, 2.45) is 0 Å². The first-order valence-corrected chi connectivity index (χ1v) is 10.1. The Labute approximate surface area is 179 Å². The highest BCUT2D eigenvalue weighted by Crippen LogP contribution is 2.25. The summed E-state index contributed by atoms with van der Waals surface area (Å²) in [7, 11) is 0. The van der Waals surface area contributed by atoms with Gasteiger partial charge in [-0.15, -0.1) is 0 Å². The maximum absolute atomic E-state index is 12.8. The Bertz CT molecular complexity index is 1060. The van der Waals surface area contributed by atoms with E-state index in [-0.39, 0.29) is 18.4 Å². The van der Waals surface area contributed by atoms with Crippen LogP contribution in [0.15, 0.2) is 49.2 Å². The number of halogens is 1. The molecule has 0 saturated carbocycles. The lowest BCUT2D eigenvalue weighted by Gasteiger charge is -2.30. The first-order valence-electron chi connectivity index (χ1n) is 9.75. The summed E-state index contributed by atoms with van der Waals surface area (Å²) < 4.78 is 1.72. The van der Waals surface area contributed by atoms with Crippen molar-refractivity contribution in [3.8, 4) is 0 Å². The quantitative estimate of drug-likeness (QED) is 0.684. The van der Waals surface area contributed by atoms with Gasteiger partial charge in [-0.3, -0.25) is 14.6 Å². The summed E-state index contributed by atoms with van der Waals surface area (Å²) in [6, 6.07) is 6.94. The highest BCUT2D eigenvalue weighted by Gasteiger charge is 2.24. The van der Waals surface area contributed by atoms with Crippen LogP contribution in [0.25, 0.3) is 0 Å². The number of carbonyl (C=O) groups is 2. The van der Waals surface area contributed by atoms with Gasteiger partial charge in [-0.1, -0.05) is 11.6 Å². The van der Waals surface area contributed by atoms with E-state index in [2.05, 4.69) is 15.3 Å². The molecule has 1 aliphatic rings. The second kappa shape index (κ2) is 8.67. The van der Waals surface area contributed by atoms with E-state index in [1.54, 1.807) is 47.6 Å². The number of imidazole rings is 1. The van der Waals surface area contributed by atoms with Crippen LogP contribution in [-0.4, -0.2) is 37.8 Å². The molecule has 3 aromatic rings. The molecule has 4 rings (SSSR count). The van der Waals surface area contributed by atoms with Gasteiger partial charge >= 0.3 is 0 Å². The van der Waals surface area contributed by atoms with Crippen LogP contribution in [0.5, 0.6) is 0 Å². The number of fused-ring (bicyclic) bond motifs is 1. The van der Waals surface area contributed by atoms with E-state index in [0.29, 0.717) is 30.2 Å². The maximum Gasteiger partial charge on any atom is 0.254 e. The van der Waals surface area contributed by atoms with Crippen LogP contribution in [0, 0.1) is 6.92 Å². The number of rotatable bonds is 5. The van der Waals surface area contributed by atoms with Gasteiger partial charge in [-0.25, -0.2) is 4.98 Å². The van der Waals surface area contributed by atoms with Crippen molar-refractivity contribution in [3.05, 3.63) is 82.2 Å². The second-order valence-electron chi connectivity index (χ2n) is 7.32. The van der Waals surface area contributed by atoms with Crippen molar-refractivity contribution in [2.45, 2.75) is 33.0 Å². The van der Waals surface area contributed by atoms with Gasteiger partial charge in [0.15, 0.2) is 0 Å². The monoisotopic (exact) mass is 423 g/mol. The van der Waals surface area contributed by atoms with Crippen LogP contribution >= 0.6 is 11.6 Å². The predicted molar refractivity (Wildman–Crippen MR) is 113 cm³/mol. The van der Waals surface area contributed by atoms with Crippen LogP contribution in [0.3, 0.4) is 0 Å². The molecule has 0 radical (unpaired) electrons. The summed E-state index contributed by atoms with van der Waals surface area (Å²) in [6.07, 6.45) is 7.58. The topological polar surface area (TPSA) is 80.1 Å². The van der Waals surface area contributed by atoms with Crippen LogP contribution in [0.2, 0.25) is 5.02 Å². The van der Waals surface area contributed by atoms with Gasteiger partial charge in [0.25, 0.3) is 5.91 Å². The van der Waals surface area contributed by atoms with E-state index < -0.39 is 0 Å². The van der Waals surface area contributed by atoms with Gasteiger partial charge in [-0.2, -0.15) is 0 Å². The van der Waals surface area contributed by atoms with E-state index in [4.69, 9.17) is 11.6 Å². The number of amides is 2. The smallest absolute Gasteiger partial charge is 0.254 e. The van der Waals surface area contributed by atoms with Gasteiger partial charge in [-0.05, 0) is 54.3 Å². The lowest BCUT2D eigenvalue weighted by atomic mass is 9.94. The van der Waals surface area contributed by atoms with Crippen LogP contribution in [0.4, 0.5) is 0 Å². The largest absolute Gasteiger partial charge is 0.350 e. The number of benzene rings is 1. The third-order valence-electron chi connectivity index (χ3n) is 5.32. The maximum atomic E-state index is 12.8. The van der Waals surface area contributed by atoms with E-state index in [9.17, 15) is 9.59 Å². The van der Waals surface area contributed by atoms with Crippen LogP contribution in [-0.2, 0) is 30.8 Å². The molecule has 1 aromatic carbocycles. The molecule has 2 amide bonds. The molecule has 0 fully saturated rings. The minimum atomic E-state index is -0.0830. The fourth-order valence-corrected chi connectivity index (χ4v) is 3.82. The van der Waals surface area contributed by atoms with Crippen molar-refractivity contribution in [2.75, 3.05) is 6.54 Å². The molecule has 1 aliphatic heterocycles. The molecule has 0 unspecified atom stereocenters. The Kier molecular flexibility index (Phi) is 5.81. The zero-order valence-corrected chi connectivity index (χ0v) is 17.4. The lowest BCUT2D eigenvalue weighted by molar-refractivity contribution is -0.121. The zero-order chi connectivity index (χ0) is 21.1. The highest BCUT2D eigenvalue weighted by molar-refractivity contribution is 6.30. The molecule has 2 aromatic heterocycles. The number of hydrogen-bond acceptors (Lipinski definition) is 4. The average Bonchev–Trinajstić information content (AvgIpc) is 3.25. The van der Waals surface area contributed by atoms with Crippen LogP contribution < -0.4 is 5.32 Å². The standard InChI is InChI=1S/C22H22ClN5O2/c1-15-20(11-26-21(29)13-27-9-7-24-14-27)19-6-8-28(12-17(19)10-25-15)22(30)16-2-4-18(23)5-3-16/h2-5,7,9-10,14H,6,8,11-13H2,1H3,(H,26,29). The summed E-state index contributed by atoms with van der Waals surface area (Å²) in [5.41, 5.74) is 4.74. The van der Waals surface area contributed by atoms with Gasteiger partial charge in [0.1, 0.15) is 6.54 Å². The molecule has 0 bridgehead atoms. The molecule has 1 N–H and O–H groups in total. The average molecular weight is 424 g/mol. The van der Waals surface area contributed by atoms with Gasteiger partial charge in [0, 0.05) is 54.5 Å². The summed E-state index contributed by atoms with van der Waals surface area (Å²) in [6.45, 7) is 3.71. The lowest BCUT2D eigenvalue weighted by Crippen LogP contribution is -2.37. The van der Waals surface area contributed by atoms with Crippen molar-refractivity contribution >= 4 is 23.4 Å². The normalized spacial score (nSPS) is 13.1. The number of pyridine rings is 1. The number of aromatic nitrogens is 3. The summed E-state index contributed by atoms with van der Waals surface area (Å²) in [5.74, 6) is -0.103. The van der Waals surface area contributed by atoms with Gasteiger partial charge < -0.3 is 14.8 Å². The fourth-order valence-electron chi connectivity index (χ4n) is 3.69. The molecule has 0 saturated heterocycles.